The fraction of sp³-hybridized carbons (Fsp3) is 0.333. The van der Waals surface area contributed by atoms with Gasteiger partial charge in [0.15, 0.2) is 0 Å². The standard InChI is InChI=1S/C9H11N3O2/c10-8-1-2-11-9(14)12(8)4-6-3-7(6)5-13/h1-2,4,7,13H,3,5,10H2. The number of aromatic nitrogens is 2. The second-order valence-electron chi connectivity index (χ2n) is 3.31. The smallest absolute Gasteiger partial charge is 0.353 e. The first-order chi connectivity index (χ1) is 6.72. The van der Waals surface area contributed by atoms with Crippen LogP contribution in [0.15, 0.2) is 22.6 Å². The van der Waals surface area contributed by atoms with Crippen molar-refractivity contribution in [2.75, 3.05) is 12.3 Å². The molecule has 1 atom stereocenters. The number of hydrogen-bond donors (Lipinski definition) is 2. The molecule has 0 aromatic carbocycles. The average molecular weight is 193 g/mol. The van der Waals surface area contributed by atoms with Gasteiger partial charge in [0.2, 0.25) is 0 Å². The maximum atomic E-state index is 11.3. The fourth-order valence-electron chi connectivity index (χ4n) is 1.29. The topological polar surface area (TPSA) is 81.1 Å². The molecule has 1 unspecified atom stereocenters. The van der Waals surface area contributed by atoms with Crippen LogP contribution in [-0.2, 0) is 0 Å². The van der Waals surface area contributed by atoms with Gasteiger partial charge in [0.25, 0.3) is 0 Å². The number of nitrogens with zero attached hydrogens (tertiary/aromatic N) is 2. The summed E-state index contributed by atoms with van der Waals surface area (Å²) in [5.41, 5.74) is 6.25. The Morgan fingerprint density at radius 2 is 2.57 bits per heavy atom. The molecular weight excluding hydrogens is 182 g/mol. The number of nitrogen functional groups attached to an aromatic ring is 1. The normalized spacial score (nSPS) is 22.6. The molecule has 1 aromatic heterocycles. The van der Waals surface area contributed by atoms with Gasteiger partial charge in [0.1, 0.15) is 5.82 Å². The Balaban J connectivity index is 2.35. The molecule has 5 nitrogen and oxygen atoms in total. The molecule has 5 heteroatoms. The van der Waals surface area contributed by atoms with Gasteiger partial charge < -0.3 is 10.8 Å². The third-order valence-electron chi connectivity index (χ3n) is 2.28. The maximum absolute atomic E-state index is 11.3. The molecule has 0 spiro atoms. The molecule has 1 saturated carbocycles. The SMILES string of the molecule is Nc1ccnc(=O)n1C=C1CC1CO. The van der Waals surface area contributed by atoms with Crippen molar-refractivity contribution in [3.05, 3.63) is 28.3 Å². The lowest BCUT2D eigenvalue weighted by atomic mass is 10.4. The van der Waals surface area contributed by atoms with Crippen molar-refractivity contribution in [3.63, 3.8) is 0 Å². The number of anilines is 1. The van der Waals surface area contributed by atoms with Crippen LogP contribution in [0.3, 0.4) is 0 Å². The monoisotopic (exact) mass is 193 g/mol. The zero-order valence-corrected chi connectivity index (χ0v) is 7.55. The first-order valence-electron chi connectivity index (χ1n) is 4.37. The second-order valence-corrected chi connectivity index (χ2v) is 3.31. The molecule has 14 heavy (non-hydrogen) atoms. The minimum atomic E-state index is -0.388. The van der Waals surface area contributed by atoms with E-state index in [9.17, 15) is 4.79 Å². The summed E-state index contributed by atoms with van der Waals surface area (Å²) in [6.07, 6.45) is 3.87. The van der Waals surface area contributed by atoms with Gasteiger partial charge in [-0.2, -0.15) is 0 Å². The molecule has 0 aliphatic heterocycles. The zero-order chi connectivity index (χ0) is 10.1. The summed E-state index contributed by atoms with van der Waals surface area (Å²) in [5, 5.41) is 8.82. The van der Waals surface area contributed by atoms with Crippen molar-refractivity contribution in [1.29, 1.82) is 0 Å². The molecule has 0 saturated heterocycles. The first-order valence-corrected chi connectivity index (χ1v) is 4.37. The Bertz CT molecular complexity index is 436. The molecular formula is C9H11N3O2. The highest BCUT2D eigenvalue weighted by Crippen LogP contribution is 2.37. The molecule has 0 bridgehead atoms. The van der Waals surface area contributed by atoms with Crippen LogP contribution >= 0.6 is 0 Å². The van der Waals surface area contributed by atoms with Crippen molar-refractivity contribution in [3.8, 4) is 0 Å². The van der Waals surface area contributed by atoms with E-state index >= 15 is 0 Å². The summed E-state index contributed by atoms with van der Waals surface area (Å²) >= 11 is 0. The summed E-state index contributed by atoms with van der Waals surface area (Å²) in [6.45, 7) is 0.126. The molecule has 1 heterocycles. The van der Waals surface area contributed by atoms with E-state index < -0.39 is 0 Å². The van der Waals surface area contributed by atoms with Crippen LogP contribution in [0.25, 0.3) is 6.20 Å². The molecule has 1 fully saturated rings. The molecule has 1 aliphatic carbocycles. The molecule has 2 rings (SSSR count). The molecule has 1 aromatic rings. The lowest BCUT2D eigenvalue weighted by Gasteiger charge is -2.00. The Morgan fingerprint density at radius 3 is 3.14 bits per heavy atom. The maximum Gasteiger partial charge on any atom is 0.353 e. The summed E-state index contributed by atoms with van der Waals surface area (Å²) in [6, 6.07) is 1.56. The zero-order valence-electron chi connectivity index (χ0n) is 7.55. The lowest BCUT2D eigenvalue weighted by molar-refractivity contribution is 0.281. The molecule has 0 amide bonds. The van der Waals surface area contributed by atoms with E-state index in [-0.39, 0.29) is 18.2 Å². The van der Waals surface area contributed by atoms with E-state index in [1.807, 2.05) is 0 Å². The van der Waals surface area contributed by atoms with E-state index in [1.54, 1.807) is 12.3 Å². The van der Waals surface area contributed by atoms with Gasteiger partial charge in [-0.25, -0.2) is 9.78 Å². The van der Waals surface area contributed by atoms with Gasteiger partial charge in [0, 0.05) is 24.9 Å². The number of rotatable bonds is 2. The van der Waals surface area contributed by atoms with Crippen LogP contribution in [0.5, 0.6) is 0 Å². The minimum absolute atomic E-state index is 0.126. The van der Waals surface area contributed by atoms with Crippen LogP contribution in [0, 0.1) is 5.92 Å². The largest absolute Gasteiger partial charge is 0.396 e. The quantitative estimate of drug-likeness (QED) is 0.674. The first kappa shape index (κ1) is 8.96. The highest BCUT2D eigenvalue weighted by Gasteiger charge is 2.28. The number of nitrogens with two attached hydrogens (primary N) is 1. The van der Waals surface area contributed by atoms with Gasteiger partial charge in [-0.15, -0.1) is 0 Å². The van der Waals surface area contributed by atoms with E-state index in [0.717, 1.165) is 12.0 Å². The average Bonchev–Trinajstić information content (AvgIpc) is 2.90. The van der Waals surface area contributed by atoms with Crippen LogP contribution in [-0.4, -0.2) is 21.3 Å². The Kier molecular flexibility index (Phi) is 2.09. The van der Waals surface area contributed by atoms with Gasteiger partial charge in [-0.05, 0) is 18.1 Å². The lowest BCUT2D eigenvalue weighted by Crippen LogP contribution is -2.20. The Labute approximate surface area is 80.5 Å². The summed E-state index contributed by atoms with van der Waals surface area (Å²) in [5.74, 6) is 0.558. The van der Waals surface area contributed by atoms with Crippen molar-refractivity contribution >= 4 is 12.0 Å². The minimum Gasteiger partial charge on any atom is -0.396 e. The van der Waals surface area contributed by atoms with Crippen LogP contribution in [0.1, 0.15) is 6.42 Å². The molecule has 0 radical (unpaired) electrons. The summed E-state index contributed by atoms with van der Waals surface area (Å²) in [7, 11) is 0. The number of aliphatic hydroxyl groups is 1. The molecule has 1 aliphatic rings. The Hall–Kier alpha value is -1.62. The number of aliphatic hydroxyl groups excluding tert-OH is 1. The van der Waals surface area contributed by atoms with Crippen LogP contribution in [0.2, 0.25) is 0 Å². The summed E-state index contributed by atoms with van der Waals surface area (Å²) in [4.78, 5) is 14.9. The summed E-state index contributed by atoms with van der Waals surface area (Å²) < 4.78 is 1.30. The van der Waals surface area contributed by atoms with Crippen LogP contribution < -0.4 is 11.4 Å². The number of hydrogen-bond acceptors (Lipinski definition) is 4. The van der Waals surface area contributed by atoms with Crippen molar-refractivity contribution < 1.29 is 5.11 Å². The second kappa shape index (κ2) is 3.26. The van der Waals surface area contributed by atoms with E-state index in [1.165, 1.54) is 10.8 Å². The highest BCUT2D eigenvalue weighted by molar-refractivity contribution is 5.47. The van der Waals surface area contributed by atoms with Crippen LogP contribution in [0.4, 0.5) is 5.82 Å². The van der Waals surface area contributed by atoms with Gasteiger partial charge in [0.05, 0.1) is 0 Å². The predicted molar refractivity (Wildman–Crippen MR) is 52.4 cm³/mol. The van der Waals surface area contributed by atoms with Gasteiger partial charge >= 0.3 is 5.69 Å². The predicted octanol–water partition coefficient (Wildman–Crippen LogP) is -0.321. The van der Waals surface area contributed by atoms with Gasteiger partial charge in [-0.1, -0.05) is 0 Å². The fourth-order valence-corrected chi connectivity index (χ4v) is 1.29. The van der Waals surface area contributed by atoms with Gasteiger partial charge in [-0.3, -0.25) is 4.57 Å². The highest BCUT2D eigenvalue weighted by atomic mass is 16.3. The van der Waals surface area contributed by atoms with E-state index in [2.05, 4.69) is 4.98 Å². The van der Waals surface area contributed by atoms with Crippen molar-refractivity contribution in [2.24, 2.45) is 5.92 Å². The third kappa shape index (κ3) is 1.54. The Morgan fingerprint density at radius 1 is 1.79 bits per heavy atom. The van der Waals surface area contributed by atoms with E-state index in [0.29, 0.717) is 5.82 Å². The van der Waals surface area contributed by atoms with E-state index in [4.69, 9.17) is 10.8 Å². The van der Waals surface area contributed by atoms with Crippen molar-refractivity contribution in [2.45, 2.75) is 6.42 Å². The molecule has 3 N–H and O–H groups in total. The van der Waals surface area contributed by atoms with Crippen molar-refractivity contribution in [1.82, 2.24) is 9.55 Å². The third-order valence-corrected chi connectivity index (χ3v) is 2.28. The molecule has 74 valence electrons.